The largest absolute Gasteiger partial charge is 0.316 e. The summed E-state index contributed by atoms with van der Waals surface area (Å²) in [5.74, 6) is 0.753. The summed E-state index contributed by atoms with van der Waals surface area (Å²) in [5, 5.41) is 3.60. The molecular weight excluding hydrogens is 194 g/mol. The SMILES string of the molecule is CC1CCC2(CCCNC2)c2ccccc21. The lowest BCUT2D eigenvalue weighted by atomic mass is 9.64. The van der Waals surface area contributed by atoms with Crippen LogP contribution in [-0.4, -0.2) is 13.1 Å². The molecule has 1 saturated heterocycles. The first-order valence-electron chi connectivity index (χ1n) is 6.62. The van der Waals surface area contributed by atoms with E-state index in [1.165, 1.54) is 38.8 Å². The van der Waals surface area contributed by atoms with Crippen molar-refractivity contribution >= 4 is 0 Å². The third-order valence-corrected chi connectivity index (χ3v) is 4.59. The van der Waals surface area contributed by atoms with Crippen LogP contribution in [0.2, 0.25) is 0 Å². The number of rotatable bonds is 0. The molecule has 1 heteroatoms. The summed E-state index contributed by atoms with van der Waals surface area (Å²) in [4.78, 5) is 0. The van der Waals surface area contributed by atoms with Gasteiger partial charge in [-0.25, -0.2) is 0 Å². The van der Waals surface area contributed by atoms with Crippen LogP contribution in [0.25, 0.3) is 0 Å². The second kappa shape index (κ2) is 3.89. The Morgan fingerprint density at radius 1 is 1.25 bits per heavy atom. The summed E-state index contributed by atoms with van der Waals surface area (Å²) in [6, 6.07) is 9.13. The predicted molar refractivity (Wildman–Crippen MR) is 67.9 cm³/mol. The van der Waals surface area contributed by atoms with E-state index in [9.17, 15) is 0 Å². The average molecular weight is 215 g/mol. The summed E-state index contributed by atoms with van der Waals surface area (Å²) in [7, 11) is 0. The lowest BCUT2D eigenvalue weighted by molar-refractivity contribution is 0.263. The van der Waals surface area contributed by atoms with Crippen LogP contribution in [-0.2, 0) is 5.41 Å². The molecule has 16 heavy (non-hydrogen) atoms. The Hall–Kier alpha value is -0.820. The number of piperidine rings is 1. The van der Waals surface area contributed by atoms with Gasteiger partial charge >= 0.3 is 0 Å². The number of benzene rings is 1. The van der Waals surface area contributed by atoms with Crippen molar-refractivity contribution in [1.29, 1.82) is 0 Å². The Labute approximate surface area is 98.3 Å². The molecule has 0 bridgehead atoms. The van der Waals surface area contributed by atoms with E-state index >= 15 is 0 Å². The first kappa shape index (κ1) is 10.3. The Morgan fingerprint density at radius 3 is 2.94 bits per heavy atom. The molecule has 1 N–H and O–H groups in total. The molecule has 2 atom stereocenters. The predicted octanol–water partition coefficient (Wildman–Crippen LogP) is 3.21. The quantitative estimate of drug-likeness (QED) is 0.700. The van der Waals surface area contributed by atoms with Crippen molar-refractivity contribution in [2.75, 3.05) is 13.1 Å². The number of hydrogen-bond acceptors (Lipinski definition) is 1. The number of nitrogens with one attached hydrogen (secondary N) is 1. The molecule has 2 aliphatic rings. The van der Waals surface area contributed by atoms with Crippen LogP contribution in [0.1, 0.15) is 49.7 Å². The van der Waals surface area contributed by atoms with Crippen LogP contribution in [0, 0.1) is 0 Å². The standard InChI is InChI=1S/C15H21N/c1-12-7-9-15(8-4-10-16-11-15)14-6-3-2-5-13(12)14/h2-3,5-6,12,16H,4,7-11H2,1H3. The van der Waals surface area contributed by atoms with E-state index in [0.29, 0.717) is 5.41 Å². The highest BCUT2D eigenvalue weighted by Gasteiger charge is 2.39. The summed E-state index contributed by atoms with van der Waals surface area (Å²) in [5.41, 5.74) is 3.71. The van der Waals surface area contributed by atoms with Gasteiger partial charge in [0.1, 0.15) is 0 Å². The van der Waals surface area contributed by atoms with E-state index in [1.807, 2.05) is 0 Å². The highest BCUT2D eigenvalue weighted by atomic mass is 14.9. The highest BCUT2D eigenvalue weighted by Crippen LogP contribution is 2.45. The summed E-state index contributed by atoms with van der Waals surface area (Å²) >= 11 is 0. The fourth-order valence-corrected chi connectivity index (χ4v) is 3.60. The van der Waals surface area contributed by atoms with Gasteiger partial charge in [-0.2, -0.15) is 0 Å². The van der Waals surface area contributed by atoms with Crippen molar-refractivity contribution in [2.24, 2.45) is 0 Å². The van der Waals surface area contributed by atoms with Gasteiger partial charge in [0.2, 0.25) is 0 Å². The van der Waals surface area contributed by atoms with Crippen molar-refractivity contribution in [1.82, 2.24) is 5.32 Å². The zero-order valence-corrected chi connectivity index (χ0v) is 10.1. The van der Waals surface area contributed by atoms with E-state index in [2.05, 4.69) is 36.5 Å². The maximum Gasteiger partial charge on any atom is 0.00813 e. The van der Waals surface area contributed by atoms with Crippen LogP contribution in [0.4, 0.5) is 0 Å². The Balaban J connectivity index is 2.06. The minimum absolute atomic E-state index is 0.460. The van der Waals surface area contributed by atoms with Gasteiger partial charge in [0.05, 0.1) is 0 Å². The third-order valence-electron chi connectivity index (χ3n) is 4.59. The lowest BCUT2D eigenvalue weighted by Crippen LogP contribution is -2.45. The van der Waals surface area contributed by atoms with Crippen molar-refractivity contribution in [3.05, 3.63) is 35.4 Å². The van der Waals surface area contributed by atoms with Gasteiger partial charge in [-0.15, -0.1) is 0 Å². The first-order chi connectivity index (χ1) is 7.82. The van der Waals surface area contributed by atoms with E-state index in [1.54, 1.807) is 11.1 Å². The molecule has 1 heterocycles. The van der Waals surface area contributed by atoms with E-state index in [0.717, 1.165) is 5.92 Å². The molecule has 0 aromatic heterocycles. The molecule has 1 aliphatic carbocycles. The summed E-state index contributed by atoms with van der Waals surface area (Å²) in [6.07, 6.45) is 5.45. The van der Waals surface area contributed by atoms with Gasteiger partial charge in [0.15, 0.2) is 0 Å². The van der Waals surface area contributed by atoms with E-state index in [-0.39, 0.29) is 0 Å². The minimum atomic E-state index is 0.460. The van der Waals surface area contributed by atoms with Crippen molar-refractivity contribution in [3.63, 3.8) is 0 Å². The maximum atomic E-state index is 3.60. The Morgan fingerprint density at radius 2 is 2.12 bits per heavy atom. The highest BCUT2D eigenvalue weighted by molar-refractivity contribution is 5.39. The molecule has 1 nitrogen and oxygen atoms in total. The van der Waals surface area contributed by atoms with Gasteiger partial charge in [-0.1, -0.05) is 31.2 Å². The molecule has 0 saturated carbocycles. The first-order valence-corrected chi connectivity index (χ1v) is 6.62. The molecule has 1 aromatic rings. The van der Waals surface area contributed by atoms with Gasteiger partial charge in [-0.3, -0.25) is 0 Å². The van der Waals surface area contributed by atoms with E-state index < -0.39 is 0 Å². The second-order valence-corrected chi connectivity index (χ2v) is 5.59. The smallest absolute Gasteiger partial charge is 0.00813 e. The van der Waals surface area contributed by atoms with Crippen LogP contribution >= 0.6 is 0 Å². The number of fused-ring (bicyclic) bond motifs is 2. The molecule has 1 spiro atoms. The fourth-order valence-electron chi connectivity index (χ4n) is 3.60. The molecule has 0 radical (unpaired) electrons. The molecule has 1 fully saturated rings. The monoisotopic (exact) mass is 215 g/mol. The zero-order chi connectivity index (χ0) is 11.0. The number of hydrogen-bond donors (Lipinski definition) is 1. The molecule has 86 valence electrons. The average Bonchev–Trinajstić information content (AvgIpc) is 2.36. The van der Waals surface area contributed by atoms with Gasteiger partial charge in [-0.05, 0) is 49.3 Å². The van der Waals surface area contributed by atoms with Crippen molar-refractivity contribution < 1.29 is 0 Å². The van der Waals surface area contributed by atoms with Crippen molar-refractivity contribution in [3.8, 4) is 0 Å². The van der Waals surface area contributed by atoms with Gasteiger partial charge in [0, 0.05) is 12.0 Å². The molecule has 0 amide bonds. The lowest BCUT2D eigenvalue weighted by Gasteiger charge is -2.44. The minimum Gasteiger partial charge on any atom is -0.316 e. The van der Waals surface area contributed by atoms with Gasteiger partial charge in [0.25, 0.3) is 0 Å². The van der Waals surface area contributed by atoms with Crippen LogP contribution in [0.15, 0.2) is 24.3 Å². The third kappa shape index (κ3) is 1.49. The molecule has 3 rings (SSSR count). The van der Waals surface area contributed by atoms with Crippen LogP contribution < -0.4 is 5.32 Å². The molecule has 2 unspecified atom stereocenters. The fraction of sp³-hybridized carbons (Fsp3) is 0.600. The maximum absolute atomic E-state index is 3.60. The van der Waals surface area contributed by atoms with Crippen LogP contribution in [0.5, 0.6) is 0 Å². The van der Waals surface area contributed by atoms with E-state index in [4.69, 9.17) is 0 Å². The summed E-state index contributed by atoms with van der Waals surface area (Å²) < 4.78 is 0. The molecular formula is C15H21N. The second-order valence-electron chi connectivity index (χ2n) is 5.59. The van der Waals surface area contributed by atoms with Crippen LogP contribution in [0.3, 0.4) is 0 Å². The van der Waals surface area contributed by atoms with Crippen molar-refractivity contribution in [2.45, 2.75) is 43.9 Å². The zero-order valence-electron chi connectivity index (χ0n) is 10.1. The Bertz CT molecular complexity index is 377. The topological polar surface area (TPSA) is 12.0 Å². The normalized spacial score (nSPS) is 33.7. The summed E-state index contributed by atoms with van der Waals surface area (Å²) in [6.45, 7) is 4.78. The molecule has 1 aromatic carbocycles. The van der Waals surface area contributed by atoms with Gasteiger partial charge < -0.3 is 5.32 Å². The Kier molecular flexibility index (Phi) is 2.51. The molecule has 1 aliphatic heterocycles.